The van der Waals surface area contributed by atoms with E-state index in [9.17, 15) is 12.8 Å². The van der Waals surface area contributed by atoms with E-state index in [1.807, 2.05) is 0 Å². The highest BCUT2D eigenvalue weighted by Crippen LogP contribution is 2.17. The van der Waals surface area contributed by atoms with Crippen molar-refractivity contribution in [3.63, 3.8) is 0 Å². The Kier molecular flexibility index (Phi) is 5.30. The number of nitrogens with zero attached hydrogens (tertiary/aromatic N) is 1. The van der Waals surface area contributed by atoms with E-state index < -0.39 is 21.4 Å². The van der Waals surface area contributed by atoms with Gasteiger partial charge in [-0.05, 0) is 18.6 Å². The van der Waals surface area contributed by atoms with Crippen molar-refractivity contribution in [2.45, 2.75) is 11.3 Å². The largest absolute Gasteiger partial charge is 0.241 e. The Labute approximate surface area is 113 Å². The molecule has 0 fully saturated rings. The number of sulfonamides is 1. The molecule has 0 heterocycles. The van der Waals surface area contributed by atoms with E-state index in [1.165, 1.54) is 12.1 Å². The molecule has 0 unspecified atom stereocenters. The smallest absolute Gasteiger partial charge is 0.211 e. The summed E-state index contributed by atoms with van der Waals surface area (Å²) in [4.78, 5) is -0.312. The zero-order valence-electron chi connectivity index (χ0n) is 8.78. The number of halogens is 2. The second-order valence-electron chi connectivity index (χ2n) is 3.17. The highest BCUT2D eigenvalue weighted by atomic mass is 127. The van der Waals surface area contributed by atoms with Gasteiger partial charge in [-0.3, -0.25) is 0 Å². The van der Waals surface area contributed by atoms with Gasteiger partial charge in [0.2, 0.25) is 10.0 Å². The molecular weight excluding hydrogens is 358 g/mol. The Balaban J connectivity index is 3.08. The third-order valence-electron chi connectivity index (χ3n) is 1.98. The normalized spacial score (nSPS) is 11.1. The van der Waals surface area contributed by atoms with E-state index in [4.69, 9.17) is 5.26 Å². The summed E-state index contributed by atoms with van der Waals surface area (Å²) >= 11 is 2.13. The fourth-order valence-electron chi connectivity index (χ4n) is 1.19. The molecule has 0 atom stereocenters. The van der Waals surface area contributed by atoms with Gasteiger partial charge in [0.15, 0.2) is 0 Å². The lowest BCUT2D eigenvalue weighted by atomic mass is 10.2. The van der Waals surface area contributed by atoms with Crippen LogP contribution in [-0.2, 0) is 10.0 Å². The van der Waals surface area contributed by atoms with Crippen molar-refractivity contribution in [3.05, 3.63) is 29.6 Å². The van der Waals surface area contributed by atoms with Gasteiger partial charge in [0.05, 0.1) is 0 Å². The Bertz CT molecular complexity index is 540. The number of nitriles is 1. The van der Waals surface area contributed by atoms with E-state index in [0.717, 1.165) is 10.5 Å². The number of hydrogen-bond acceptors (Lipinski definition) is 3. The summed E-state index contributed by atoms with van der Waals surface area (Å²) in [6, 6.07) is 5.11. The van der Waals surface area contributed by atoms with E-state index in [0.29, 0.717) is 6.42 Å². The predicted octanol–water partition coefficient (Wildman–Crippen LogP) is 1.80. The maximum absolute atomic E-state index is 13.3. The van der Waals surface area contributed by atoms with Crippen LogP contribution < -0.4 is 4.72 Å². The Morgan fingerprint density at radius 2 is 2.18 bits per heavy atom. The summed E-state index contributed by atoms with van der Waals surface area (Å²) in [7, 11) is -3.81. The molecule has 0 bridgehead atoms. The zero-order valence-corrected chi connectivity index (χ0v) is 11.8. The average molecular weight is 368 g/mol. The first-order valence-electron chi connectivity index (χ1n) is 4.77. The molecule has 0 radical (unpaired) electrons. The van der Waals surface area contributed by atoms with Gasteiger partial charge >= 0.3 is 0 Å². The van der Waals surface area contributed by atoms with Crippen LogP contribution in [0.4, 0.5) is 4.39 Å². The second-order valence-corrected chi connectivity index (χ2v) is 5.98. The number of rotatable bonds is 5. The minimum absolute atomic E-state index is 0.270. The Morgan fingerprint density at radius 3 is 2.76 bits per heavy atom. The molecule has 4 nitrogen and oxygen atoms in total. The molecule has 7 heteroatoms. The van der Waals surface area contributed by atoms with Crippen molar-refractivity contribution in [2.24, 2.45) is 0 Å². The summed E-state index contributed by atoms with van der Waals surface area (Å²) in [6.45, 7) is 0.270. The van der Waals surface area contributed by atoms with Crippen molar-refractivity contribution < 1.29 is 12.8 Å². The molecule has 0 aliphatic heterocycles. The first-order valence-corrected chi connectivity index (χ1v) is 7.78. The maximum atomic E-state index is 13.3. The lowest BCUT2D eigenvalue weighted by molar-refractivity contribution is 0.576. The molecule has 0 aromatic heterocycles. The van der Waals surface area contributed by atoms with Crippen molar-refractivity contribution >= 4 is 32.6 Å². The topological polar surface area (TPSA) is 70.0 Å². The average Bonchev–Trinajstić information content (AvgIpc) is 2.29. The molecular formula is C10H10FIN2O2S. The van der Waals surface area contributed by atoms with Crippen LogP contribution >= 0.6 is 22.6 Å². The van der Waals surface area contributed by atoms with Crippen LogP contribution in [0.25, 0.3) is 0 Å². The molecule has 0 saturated carbocycles. The number of nitrogens with one attached hydrogen (secondary N) is 1. The number of hydrogen-bond donors (Lipinski definition) is 1. The molecule has 92 valence electrons. The van der Waals surface area contributed by atoms with E-state index in [1.54, 1.807) is 6.07 Å². The predicted molar refractivity (Wildman–Crippen MR) is 69.8 cm³/mol. The fourth-order valence-corrected chi connectivity index (χ4v) is 2.81. The molecule has 0 spiro atoms. The Hall–Kier alpha value is -0.720. The summed E-state index contributed by atoms with van der Waals surface area (Å²) in [5.41, 5.74) is -0.450. The minimum atomic E-state index is -3.81. The molecule has 1 aromatic rings. The van der Waals surface area contributed by atoms with E-state index in [-0.39, 0.29) is 11.4 Å². The lowest BCUT2D eigenvalue weighted by Gasteiger charge is -2.07. The fraction of sp³-hybridized carbons (Fsp3) is 0.300. The molecule has 0 aliphatic carbocycles. The molecule has 0 saturated heterocycles. The van der Waals surface area contributed by atoms with Crippen LogP contribution in [0.3, 0.4) is 0 Å². The van der Waals surface area contributed by atoms with Crippen molar-refractivity contribution in [2.75, 3.05) is 11.0 Å². The standard InChI is InChI=1S/C10H10FIN2O2S/c11-9-3-1-4-10(8(9)7-13)17(15,16)14-6-2-5-12/h1,3-4,14H,2,5-6H2. The highest BCUT2D eigenvalue weighted by molar-refractivity contribution is 14.1. The summed E-state index contributed by atoms with van der Waals surface area (Å²) in [5.74, 6) is -0.829. The first-order chi connectivity index (χ1) is 8.03. The lowest BCUT2D eigenvalue weighted by Crippen LogP contribution is -2.26. The van der Waals surface area contributed by atoms with Gasteiger partial charge in [-0.2, -0.15) is 5.26 Å². The SMILES string of the molecule is N#Cc1c(F)cccc1S(=O)(=O)NCCCI. The van der Waals surface area contributed by atoms with Crippen molar-refractivity contribution in [3.8, 4) is 6.07 Å². The molecule has 1 rings (SSSR count). The third kappa shape index (κ3) is 3.62. The quantitative estimate of drug-likeness (QED) is 0.490. The number of benzene rings is 1. The monoisotopic (exact) mass is 368 g/mol. The first kappa shape index (κ1) is 14.3. The van der Waals surface area contributed by atoms with E-state index >= 15 is 0 Å². The highest BCUT2D eigenvalue weighted by Gasteiger charge is 2.20. The molecule has 1 aromatic carbocycles. The van der Waals surface area contributed by atoms with Gasteiger partial charge < -0.3 is 0 Å². The minimum Gasteiger partial charge on any atom is -0.211 e. The summed E-state index contributed by atoms with van der Waals surface area (Å²) in [6.07, 6.45) is 0.678. The maximum Gasteiger partial charge on any atom is 0.241 e. The van der Waals surface area contributed by atoms with Crippen LogP contribution in [0.5, 0.6) is 0 Å². The van der Waals surface area contributed by atoms with Crippen LogP contribution in [0, 0.1) is 17.1 Å². The molecule has 0 aliphatic rings. The van der Waals surface area contributed by atoms with E-state index in [2.05, 4.69) is 27.3 Å². The van der Waals surface area contributed by atoms with Crippen LogP contribution in [-0.4, -0.2) is 19.4 Å². The summed E-state index contributed by atoms with van der Waals surface area (Å²) < 4.78 is 40.0. The molecule has 1 N–H and O–H groups in total. The zero-order chi connectivity index (χ0) is 12.9. The van der Waals surface area contributed by atoms with Gasteiger partial charge in [-0.1, -0.05) is 28.7 Å². The van der Waals surface area contributed by atoms with Crippen molar-refractivity contribution in [1.29, 1.82) is 5.26 Å². The second kappa shape index (κ2) is 6.28. The van der Waals surface area contributed by atoms with Gasteiger partial charge in [0.1, 0.15) is 22.3 Å². The third-order valence-corrected chi connectivity index (χ3v) is 4.25. The molecule has 17 heavy (non-hydrogen) atoms. The van der Waals surface area contributed by atoms with Crippen LogP contribution in [0.1, 0.15) is 12.0 Å². The number of alkyl halides is 1. The van der Waals surface area contributed by atoms with Crippen LogP contribution in [0.2, 0.25) is 0 Å². The van der Waals surface area contributed by atoms with Gasteiger partial charge in [-0.15, -0.1) is 0 Å². The van der Waals surface area contributed by atoms with Crippen molar-refractivity contribution in [1.82, 2.24) is 4.72 Å². The van der Waals surface area contributed by atoms with Crippen LogP contribution in [0.15, 0.2) is 23.1 Å². The van der Waals surface area contributed by atoms with Gasteiger partial charge in [0.25, 0.3) is 0 Å². The summed E-state index contributed by atoms with van der Waals surface area (Å²) in [5, 5.41) is 8.75. The Morgan fingerprint density at radius 1 is 1.47 bits per heavy atom. The molecule has 0 amide bonds. The van der Waals surface area contributed by atoms with Gasteiger partial charge in [0, 0.05) is 11.0 Å². The van der Waals surface area contributed by atoms with Gasteiger partial charge in [-0.25, -0.2) is 17.5 Å².